The van der Waals surface area contributed by atoms with Gasteiger partial charge in [0.2, 0.25) is 0 Å². The molecular formula is C22H27ClN2O3S. The van der Waals surface area contributed by atoms with Gasteiger partial charge >= 0.3 is 0 Å². The Morgan fingerprint density at radius 3 is 2.38 bits per heavy atom. The molecule has 1 aliphatic rings. The maximum Gasteiger partial charge on any atom is 0.264 e. The Balaban J connectivity index is 1.85. The van der Waals surface area contributed by atoms with Gasteiger partial charge in [-0.25, -0.2) is 8.42 Å². The molecule has 1 heterocycles. The summed E-state index contributed by atoms with van der Waals surface area (Å²) in [5.74, 6) is -0.113. The minimum absolute atomic E-state index is 0.0860. The van der Waals surface area contributed by atoms with Crippen LogP contribution in [0.4, 0.5) is 5.69 Å². The number of amides is 1. The van der Waals surface area contributed by atoms with E-state index < -0.39 is 10.0 Å². The fraction of sp³-hybridized carbons (Fsp3) is 0.409. The lowest BCUT2D eigenvalue weighted by Gasteiger charge is -2.38. The van der Waals surface area contributed by atoms with Crippen LogP contribution in [-0.2, 0) is 10.0 Å². The molecule has 29 heavy (non-hydrogen) atoms. The number of rotatable bonds is 4. The Labute approximate surface area is 178 Å². The van der Waals surface area contributed by atoms with E-state index in [9.17, 15) is 13.2 Å². The van der Waals surface area contributed by atoms with Crippen LogP contribution in [0.3, 0.4) is 0 Å². The molecule has 5 nitrogen and oxygen atoms in total. The van der Waals surface area contributed by atoms with Crippen LogP contribution in [0, 0.1) is 12.3 Å². The molecule has 1 amide bonds. The van der Waals surface area contributed by atoms with Gasteiger partial charge in [0.15, 0.2) is 0 Å². The Bertz CT molecular complexity index is 1020. The van der Waals surface area contributed by atoms with Crippen molar-refractivity contribution in [1.29, 1.82) is 0 Å². The second-order valence-corrected chi connectivity index (χ2v) is 10.8. The lowest BCUT2D eigenvalue weighted by molar-refractivity contribution is 0.0583. The van der Waals surface area contributed by atoms with Crippen molar-refractivity contribution in [1.82, 2.24) is 4.90 Å². The first-order valence-electron chi connectivity index (χ1n) is 9.66. The molecule has 3 rings (SSSR count). The van der Waals surface area contributed by atoms with Crippen molar-refractivity contribution in [3.05, 3.63) is 58.6 Å². The van der Waals surface area contributed by atoms with E-state index in [0.29, 0.717) is 24.3 Å². The summed E-state index contributed by atoms with van der Waals surface area (Å²) >= 11 is 6.41. The highest BCUT2D eigenvalue weighted by atomic mass is 35.5. The SMILES string of the molecule is Cc1ccc(S(=O)(=O)N(C)c2ccc(C(=O)N3CCCC(C)(C)C3)c(Cl)c2)cc1. The van der Waals surface area contributed by atoms with Crippen LogP contribution < -0.4 is 4.31 Å². The van der Waals surface area contributed by atoms with Crippen LogP contribution in [0.1, 0.15) is 42.6 Å². The van der Waals surface area contributed by atoms with Gasteiger partial charge in [0.25, 0.3) is 15.9 Å². The van der Waals surface area contributed by atoms with E-state index in [1.165, 1.54) is 17.4 Å². The lowest BCUT2D eigenvalue weighted by Crippen LogP contribution is -2.43. The number of carbonyl (C=O) groups is 1. The zero-order valence-electron chi connectivity index (χ0n) is 17.3. The molecule has 1 fully saturated rings. The number of piperidine rings is 1. The van der Waals surface area contributed by atoms with E-state index >= 15 is 0 Å². The summed E-state index contributed by atoms with van der Waals surface area (Å²) in [6, 6.07) is 11.5. The van der Waals surface area contributed by atoms with Gasteiger partial charge in [-0.3, -0.25) is 9.10 Å². The fourth-order valence-corrected chi connectivity index (χ4v) is 5.09. The molecule has 0 N–H and O–H groups in total. The molecule has 2 aromatic rings. The fourth-order valence-electron chi connectivity index (χ4n) is 3.65. The molecule has 0 aliphatic carbocycles. The quantitative estimate of drug-likeness (QED) is 0.698. The zero-order chi connectivity index (χ0) is 21.4. The third-order valence-electron chi connectivity index (χ3n) is 5.41. The summed E-state index contributed by atoms with van der Waals surface area (Å²) in [5, 5.41) is 0.252. The smallest absolute Gasteiger partial charge is 0.264 e. The minimum atomic E-state index is -3.72. The Morgan fingerprint density at radius 1 is 1.14 bits per heavy atom. The van der Waals surface area contributed by atoms with E-state index in [4.69, 9.17) is 11.6 Å². The molecule has 0 bridgehead atoms. The topological polar surface area (TPSA) is 57.7 Å². The van der Waals surface area contributed by atoms with E-state index in [1.807, 2.05) is 11.8 Å². The highest BCUT2D eigenvalue weighted by Gasteiger charge is 2.30. The maximum absolute atomic E-state index is 12.9. The zero-order valence-corrected chi connectivity index (χ0v) is 18.8. The monoisotopic (exact) mass is 434 g/mol. The van der Waals surface area contributed by atoms with Crippen LogP contribution in [0.5, 0.6) is 0 Å². The average Bonchev–Trinajstić information content (AvgIpc) is 2.66. The molecule has 0 radical (unpaired) electrons. The average molecular weight is 435 g/mol. The van der Waals surface area contributed by atoms with Crippen molar-refractivity contribution in [2.45, 2.75) is 38.5 Å². The number of halogens is 1. The van der Waals surface area contributed by atoms with Crippen molar-refractivity contribution in [2.75, 3.05) is 24.4 Å². The highest BCUT2D eigenvalue weighted by molar-refractivity contribution is 7.92. The minimum Gasteiger partial charge on any atom is -0.338 e. The lowest BCUT2D eigenvalue weighted by atomic mass is 9.84. The molecule has 0 spiro atoms. The summed E-state index contributed by atoms with van der Waals surface area (Å²) in [4.78, 5) is 15.0. The number of hydrogen-bond acceptors (Lipinski definition) is 3. The van der Waals surface area contributed by atoms with Crippen molar-refractivity contribution in [3.63, 3.8) is 0 Å². The first kappa shape index (κ1) is 21.7. The van der Waals surface area contributed by atoms with E-state index in [-0.39, 0.29) is 21.2 Å². The van der Waals surface area contributed by atoms with Crippen LogP contribution in [0.15, 0.2) is 47.4 Å². The number of sulfonamides is 1. The first-order chi connectivity index (χ1) is 13.5. The van der Waals surface area contributed by atoms with Gasteiger partial charge in [-0.15, -0.1) is 0 Å². The summed E-state index contributed by atoms with van der Waals surface area (Å²) in [5.41, 5.74) is 1.88. The second-order valence-electron chi connectivity index (χ2n) is 8.44. The van der Waals surface area contributed by atoms with Gasteiger partial charge in [0.05, 0.1) is 21.2 Å². The Morgan fingerprint density at radius 2 is 1.79 bits per heavy atom. The van der Waals surface area contributed by atoms with Crippen molar-refractivity contribution < 1.29 is 13.2 Å². The van der Waals surface area contributed by atoms with Crippen LogP contribution >= 0.6 is 11.6 Å². The normalized spacial score (nSPS) is 16.5. The number of nitrogens with zero attached hydrogens (tertiary/aromatic N) is 2. The van der Waals surface area contributed by atoms with Gasteiger partial charge < -0.3 is 4.90 Å². The number of likely N-dealkylation sites (tertiary alicyclic amines) is 1. The van der Waals surface area contributed by atoms with Crippen molar-refractivity contribution in [3.8, 4) is 0 Å². The molecule has 7 heteroatoms. The standard InChI is InChI=1S/C22H27ClN2O3S/c1-16-6-9-18(10-7-16)29(27,28)24(4)17-8-11-19(20(23)14-17)21(26)25-13-5-12-22(2,3)15-25/h6-11,14H,5,12-13,15H2,1-4H3. The number of benzene rings is 2. The van der Waals surface area contributed by atoms with Gasteiger partial charge in [-0.05, 0) is 55.5 Å². The Kier molecular flexibility index (Phi) is 5.97. The molecule has 0 atom stereocenters. The van der Waals surface area contributed by atoms with Crippen LogP contribution in [-0.4, -0.2) is 39.4 Å². The predicted octanol–water partition coefficient (Wildman–Crippen LogP) is 4.74. The van der Waals surface area contributed by atoms with Gasteiger partial charge in [0.1, 0.15) is 0 Å². The van der Waals surface area contributed by atoms with E-state index in [0.717, 1.165) is 18.4 Å². The third-order valence-corrected chi connectivity index (χ3v) is 7.53. The van der Waals surface area contributed by atoms with Crippen molar-refractivity contribution >= 4 is 33.2 Å². The van der Waals surface area contributed by atoms with Gasteiger partial charge in [-0.2, -0.15) is 0 Å². The first-order valence-corrected chi connectivity index (χ1v) is 11.5. The van der Waals surface area contributed by atoms with E-state index in [2.05, 4.69) is 13.8 Å². The molecule has 0 saturated carbocycles. The molecule has 1 saturated heterocycles. The number of anilines is 1. The van der Waals surface area contributed by atoms with Crippen LogP contribution in [0.2, 0.25) is 5.02 Å². The molecule has 156 valence electrons. The molecule has 2 aromatic carbocycles. The number of carbonyl (C=O) groups excluding carboxylic acids is 1. The predicted molar refractivity (Wildman–Crippen MR) is 117 cm³/mol. The van der Waals surface area contributed by atoms with E-state index in [1.54, 1.807) is 36.4 Å². The molecular weight excluding hydrogens is 408 g/mol. The summed E-state index contributed by atoms with van der Waals surface area (Å²) in [6.45, 7) is 7.61. The van der Waals surface area contributed by atoms with Crippen molar-refractivity contribution in [2.24, 2.45) is 5.41 Å². The van der Waals surface area contributed by atoms with Gasteiger partial charge in [0, 0.05) is 20.1 Å². The number of aryl methyl sites for hydroxylation is 1. The summed E-state index contributed by atoms with van der Waals surface area (Å²) < 4.78 is 27.0. The summed E-state index contributed by atoms with van der Waals surface area (Å²) in [7, 11) is -2.23. The molecule has 0 unspecified atom stereocenters. The number of hydrogen-bond donors (Lipinski definition) is 0. The van der Waals surface area contributed by atoms with Gasteiger partial charge in [-0.1, -0.05) is 43.1 Å². The molecule has 1 aliphatic heterocycles. The Hall–Kier alpha value is -2.05. The summed E-state index contributed by atoms with van der Waals surface area (Å²) in [6.07, 6.45) is 2.05. The third kappa shape index (κ3) is 4.59. The highest BCUT2D eigenvalue weighted by Crippen LogP contribution is 2.32. The maximum atomic E-state index is 12.9. The van der Waals surface area contributed by atoms with Crippen LogP contribution in [0.25, 0.3) is 0 Å². The molecule has 0 aromatic heterocycles. The largest absolute Gasteiger partial charge is 0.338 e. The second kappa shape index (κ2) is 8.00.